The molecule has 0 saturated heterocycles. The van der Waals surface area contributed by atoms with E-state index in [2.05, 4.69) is 15.0 Å². The van der Waals surface area contributed by atoms with E-state index in [1.165, 1.54) is 7.11 Å². The van der Waals surface area contributed by atoms with Gasteiger partial charge in [-0.1, -0.05) is 0 Å². The van der Waals surface area contributed by atoms with Gasteiger partial charge in [-0.2, -0.15) is 0 Å². The Balaban J connectivity index is 2.14. The van der Waals surface area contributed by atoms with Crippen LogP contribution in [0.2, 0.25) is 0 Å². The van der Waals surface area contributed by atoms with Gasteiger partial charge in [0.15, 0.2) is 0 Å². The highest BCUT2D eigenvalue weighted by molar-refractivity contribution is 5.91. The summed E-state index contributed by atoms with van der Waals surface area (Å²) < 4.78 is 4.69. The number of nitrogens with one attached hydrogen (secondary N) is 1. The fraction of sp³-hybridized carbons (Fsp3) is 0.200. The highest BCUT2D eigenvalue weighted by Crippen LogP contribution is 2.21. The minimum atomic E-state index is -0.387. The molecule has 2 aromatic rings. The highest BCUT2D eigenvalue weighted by Gasteiger charge is 2.08. The van der Waals surface area contributed by atoms with E-state index in [1.54, 1.807) is 24.4 Å². The topological polar surface area (TPSA) is 77.2 Å². The fourth-order valence-electron chi connectivity index (χ4n) is 1.84. The van der Waals surface area contributed by atoms with Gasteiger partial charge in [0.25, 0.3) is 0 Å². The summed E-state index contributed by atoms with van der Waals surface area (Å²) in [6.45, 7) is 2.55. The van der Waals surface area contributed by atoms with Crippen molar-refractivity contribution in [1.29, 1.82) is 0 Å². The zero-order valence-electron chi connectivity index (χ0n) is 11.5. The molecule has 5 heteroatoms. The lowest BCUT2D eigenvalue weighted by Gasteiger charge is -2.10. The van der Waals surface area contributed by atoms with Crippen molar-refractivity contribution >= 4 is 17.3 Å². The van der Waals surface area contributed by atoms with E-state index >= 15 is 0 Å². The van der Waals surface area contributed by atoms with Crippen molar-refractivity contribution in [2.75, 3.05) is 18.2 Å². The number of hydrogen-bond donors (Lipinski definition) is 2. The molecule has 0 aliphatic rings. The van der Waals surface area contributed by atoms with Gasteiger partial charge in [-0.05, 0) is 42.8 Å². The van der Waals surface area contributed by atoms with Crippen LogP contribution in [0.25, 0.3) is 0 Å². The largest absolute Gasteiger partial charge is 0.465 e. The first kappa shape index (κ1) is 13.9. The van der Waals surface area contributed by atoms with Gasteiger partial charge in [-0.25, -0.2) is 4.79 Å². The molecular weight excluding hydrogens is 254 g/mol. The average Bonchev–Trinajstić information content (AvgIpc) is 2.45. The lowest BCUT2D eigenvalue weighted by Crippen LogP contribution is -2.07. The summed E-state index contributed by atoms with van der Waals surface area (Å²) in [5.41, 5.74) is 9.67. The number of anilines is 2. The van der Waals surface area contributed by atoms with E-state index < -0.39 is 0 Å². The van der Waals surface area contributed by atoms with Gasteiger partial charge in [0, 0.05) is 6.20 Å². The molecule has 0 saturated carbocycles. The normalized spacial score (nSPS) is 10.1. The molecule has 1 aromatic carbocycles. The molecule has 0 unspecified atom stereocenters. The quantitative estimate of drug-likeness (QED) is 0.659. The van der Waals surface area contributed by atoms with E-state index in [4.69, 9.17) is 5.73 Å². The molecule has 1 heterocycles. The number of pyridine rings is 1. The second kappa shape index (κ2) is 6.06. The predicted molar refractivity (Wildman–Crippen MR) is 78.5 cm³/mol. The molecule has 0 amide bonds. The highest BCUT2D eigenvalue weighted by atomic mass is 16.5. The van der Waals surface area contributed by atoms with Crippen LogP contribution >= 0.6 is 0 Å². The number of benzene rings is 1. The zero-order valence-corrected chi connectivity index (χ0v) is 11.5. The number of ether oxygens (including phenoxy) is 1. The number of aromatic nitrogens is 1. The van der Waals surface area contributed by atoms with Crippen LogP contribution in [0.1, 0.15) is 21.6 Å². The second-order valence-corrected chi connectivity index (χ2v) is 4.47. The van der Waals surface area contributed by atoms with Crippen LogP contribution in [0, 0.1) is 6.92 Å². The van der Waals surface area contributed by atoms with E-state index in [9.17, 15) is 4.79 Å². The Kier molecular flexibility index (Phi) is 4.20. The van der Waals surface area contributed by atoms with Gasteiger partial charge >= 0.3 is 5.97 Å². The van der Waals surface area contributed by atoms with Gasteiger partial charge in [0.05, 0.1) is 36.3 Å². The molecule has 104 valence electrons. The summed E-state index contributed by atoms with van der Waals surface area (Å²) in [4.78, 5) is 15.8. The van der Waals surface area contributed by atoms with Crippen LogP contribution in [-0.4, -0.2) is 18.1 Å². The lowest BCUT2D eigenvalue weighted by atomic mass is 10.1. The second-order valence-electron chi connectivity index (χ2n) is 4.47. The van der Waals surface area contributed by atoms with E-state index in [1.807, 2.05) is 19.1 Å². The summed E-state index contributed by atoms with van der Waals surface area (Å²) >= 11 is 0. The molecule has 2 rings (SSSR count). The number of rotatable bonds is 4. The number of nitrogens with zero attached hydrogens (tertiary/aromatic N) is 1. The van der Waals surface area contributed by atoms with Crippen molar-refractivity contribution in [3.63, 3.8) is 0 Å². The molecule has 0 radical (unpaired) electrons. The Morgan fingerprint density at radius 3 is 2.85 bits per heavy atom. The molecule has 0 fully saturated rings. The van der Waals surface area contributed by atoms with Crippen molar-refractivity contribution in [3.05, 3.63) is 53.3 Å². The molecule has 0 aliphatic carbocycles. The Hall–Kier alpha value is -2.56. The number of nitrogen functional groups attached to an aromatic ring is 1. The van der Waals surface area contributed by atoms with Crippen molar-refractivity contribution < 1.29 is 9.53 Å². The molecule has 0 atom stereocenters. The van der Waals surface area contributed by atoms with Crippen molar-refractivity contribution in [3.8, 4) is 0 Å². The number of nitrogens with two attached hydrogens (primary N) is 1. The number of hydrogen-bond acceptors (Lipinski definition) is 5. The molecule has 0 spiro atoms. The number of esters is 1. The van der Waals surface area contributed by atoms with Crippen LogP contribution in [-0.2, 0) is 11.3 Å². The summed E-state index contributed by atoms with van der Waals surface area (Å²) in [6.07, 6.45) is 1.76. The van der Waals surface area contributed by atoms with Crippen molar-refractivity contribution in [2.24, 2.45) is 0 Å². The SMILES string of the molecule is COC(=O)c1ccc(N)c(NCc2cc(C)ccn2)c1. The fourth-order valence-corrected chi connectivity index (χ4v) is 1.84. The first-order valence-electron chi connectivity index (χ1n) is 6.23. The maximum atomic E-state index is 11.5. The van der Waals surface area contributed by atoms with Crippen molar-refractivity contribution in [2.45, 2.75) is 13.5 Å². The molecule has 0 aliphatic heterocycles. The van der Waals surface area contributed by atoms with E-state index in [-0.39, 0.29) is 5.97 Å². The van der Waals surface area contributed by atoms with Gasteiger partial charge in [0.2, 0.25) is 0 Å². The molecule has 5 nitrogen and oxygen atoms in total. The van der Waals surface area contributed by atoms with E-state index in [0.717, 1.165) is 11.3 Å². The molecule has 0 bridgehead atoms. The lowest BCUT2D eigenvalue weighted by molar-refractivity contribution is 0.0601. The predicted octanol–water partition coefficient (Wildman–Crippen LogP) is 2.37. The Morgan fingerprint density at radius 1 is 1.35 bits per heavy atom. The summed E-state index contributed by atoms with van der Waals surface area (Å²) in [5, 5.41) is 3.18. The maximum absolute atomic E-state index is 11.5. The van der Waals surface area contributed by atoms with Crippen LogP contribution < -0.4 is 11.1 Å². The zero-order chi connectivity index (χ0) is 14.5. The first-order valence-corrected chi connectivity index (χ1v) is 6.23. The molecule has 3 N–H and O–H groups in total. The number of carbonyl (C=O) groups is 1. The Labute approximate surface area is 117 Å². The average molecular weight is 271 g/mol. The number of aryl methyl sites for hydroxylation is 1. The summed E-state index contributed by atoms with van der Waals surface area (Å²) in [6, 6.07) is 8.93. The summed E-state index contributed by atoms with van der Waals surface area (Å²) in [5.74, 6) is -0.387. The Morgan fingerprint density at radius 2 is 2.15 bits per heavy atom. The smallest absolute Gasteiger partial charge is 0.337 e. The number of carbonyl (C=O) groups excluding carboxylic acids is 1. The third kappa shape index (κ3) is 3.26. The molecule has 1 aromatic heterocycles. The van der Waals surface area contributed by atoms with Crippen molar-refractivity contribution in [1.82, 2.24) is 4.98 Å². The van der Waals surface area contributed by atoms with Gasteiger partial charge in [-0.3, -0.25) is 4.98 Å². The van der Waals surface area contributed by atoms with Gasteiger partial charge < -0.3 is 15.8 Å². The van der Waals surface area contributed by atoms with E-state index in [0.29, 0.717) is 23.5 Å². The third-order valence-corrected chi connectivity index (χ3v) is 2.91. The summed E-state index contributed by atoms with van der Waals surface area (Å²) in [7, 11) is 1.35. The van der Waals surface area contributed by atoms with Crippen LogP contribution in [0.4, 0.5) is 11.4 Å². The minimum Gasteiger partial charge on any atom is -0.465 e. The van der Waals surface area contributed by atoms with Gasteiger partial charge in [0.1, 0.15) is 0 Å². The molecular formula is C15H17N3O2. The molecule has 20 heavy (non-hydrogen) atoms. The Bertz CT molecular complexity index is 626. The first-order chi connectivity index (χ1) is 9.60. The standard InChI is InChI=1S/C15H17N3O2/c1-10-5-6-17-12(7-10)9-18-14-8-11(15(19)20-2)3-4-13(14)16/h3-8,18H,9,16H2,1-2H3. The van der Waals surface area contributed by atoms with Crippen LogP contribution in [0.15, 0.2) is 36.5 Å². The number of methoxy groups -OCH3 is 1. The van der Waals surface area contributed by atoms with Crippen LogP contribution in [0.3, 0.4) is 0 Å². The monoisotopic (exact) mass is 271 g/mol. The minimum absolute atomic E-state index is 0.387. The van der Waals surface area contributed by atoms with Gasteiger partial charge in [-0.15, -0.1) is 0 Å². The third-order valence-electron chi connectivity index (χ3n) is 2.91. The van der Waals surface area contributed by atoms with Crippen LogP contribution in [0.5, 0.6) is 0 Å². The maximum Gasteiger partial charge on any atom is 0.337 e.